The number of halogens is 3. The van der Waals surface area contributed by atoms with Gasteiger partial charge in [0.2, 0.25) is 0 Å². The molecule has 8 heteroatoms. The van der Waals surface area contributed by atoms with Gasteiger partial charge in [0.15, 0.2) is 0 Å². The van der Waals surface area contributed by atoms with E-state index in [2.05, 4.69) is 15.7 Å². The molecule has 0 aliphatic rings. The lowest BCUT2D eigenvalue weighted by atomic mass is 10.2. The fraction of sp³-hybridized carbons (Fsp3) is 0. The van der Waals surface area contributed by atoms with Crippen LogP contribution in [0.25, 0.3) is 0 Å². The molecule has 0 radical (unpaired) electrons. The molecule has 1 aromatic heterocycles. The summed E-state index contributed by atoms with van der Waals surface area (Å²) < 4.78 is 0. The van der Waals surface area contributed by atoms with Gasteiger partial charge >= 0.3 is 0 Å². The topological polar surface area (TPSA) is 80.0 Å². The van der Waals surface area contributed by atoms with Crippen molar-refractivity contribution >= 4 is 52.1 Å². The zero-order valence-corrected chi connectivity index (χ0v) is 12.2. The molecule has 4 N–H and O–H groups in total. The van der Waals surface area contributed by atoms with E-state index >= 15 is 0 Å². The summed E-state index contributed by atoms with van der Waals surface area (Å²) in [6, 6.07) is 4.49. The summed E-state index contributed by atoms with van der Waals surface area (Å²) in [7, 11) is 0. The highest BCUT2D eigenvalue weighted by molar-refractivity contribution is 6.44. The van der Waals surface area contributed by atoms with Crippen molar-refractivity contribution < 1.29 is 4.79 Å². The molecule has 0 unspecified atom stereocenters. The van der Waals surface area contributed by atoms with Crippen molar-refractivity contribution in [2.45, 2.75) is 0 Å². The Balaban J connectivity index is 2.30. The molecule has 1 aromatic carbocycles. The molecule has 0 aliphatic carbocycles. The van der Waals surface area contributed by atoms with E-state index in [1.54, 1.807) is 6.07 Å². The van der Waals surface area contributed by atoms with Crippen LogP contribution in [-0.4, -0.2) is 10.9 Å². The Morgan fingerprint density at radius 1 is 1.10 bits per heavy atom. The zero-order chi connectivity index (χ0) is 14.7. The van der Waals surface area contributed by atoms with Crippen LogP contribution in [0.5, 0.6) is 0 Å². The van der Waals surface area contributed by atoms with Gasteiger partial charge in [-0.3, -0.25) is 15.6 Å². The number of hydrogen-bond acceptors (Lipinski definition) is 4. The van der Waals surface area contributed by atoms with Gasteiger partial charge < -0.3 is 10.7 Å². The zero-order valence-electron chi connectivity index (χ0n) is 9.95. The number of anilines is 2. The summed E-state index contributed by atoms with van der Waals surface area (Å²) in [5.41, 5.74) is 3.48. The monoisotopic (exact) mass is 330 g/mol. The minimum atomic E-state index is -0.425. The number of amides is 1. The van der Waals surface area contributed by atoms with Gasteiger partial charge in [0.05, 0.1) is 32.0 Å². The van der Waals surface area contributed by atoms with Crippen molar-refractivity contribution in [1.82, 2.24) is 4.98 Å². The summed E-state index contributed by atoms with van der Waals surface area (Å²) in [4.78, 5) is 16.0. The Morgan fingerprint density at radius 2 is 1.80 bits per heavy atom. The Hall–Kier alpha value is -1.53. The molecule has 0 bridgehead atoms. The number of carbonyl (C=O) groups excluding carboxylic acids is 1. The number of nitrogens with one attached hydrogen (secondary N) is 2. The first-order valence-corrected chi connectivity index (χ1v) is 6.53. The minimum absolute atomic E-state index is 0.275. The molecule has 0 saturated heterocycles. The van der Waals surface area contributed by atoms with Crippen LogP contribution in [0.4, 0.5) is 11.4 Å². The molecule has 0 saturated carbocycles. The third kappa shape index (κ3) is 3.13. The number of hydrogen-bond donors (Lipinski definition) is 3. The van der Waals surface area contributed by atoms with Gasteiger partial charge in [-0.2, -0.15) is 0 Å². The van der Waals surface area contributed by atoms with Crippen LogP contribution >= 0.6 is 34.8 Å². The van der Waals surface area contributed by atoms with Gasteiger partial charge in [0.1, 0.15) is 0 Å². The summed E-state index contributed by atoms with van der Waals surface area (Å²) >= 11 is 17.7. The second-order valence-corrected chi connectivity index (χ2v) is 4.99. The van der Waals surface area contributed by atoms with Gasteiger partial charge in [-0.15, -0.1) is 0 Å². The third-order valence-corrected chi connectivity index (χ3v) is 3.51. The number of nitrogens with zero attached hydrogens (tertiary/aromatic N) is 1. The molecular weight excluding hydrogens is 323 g/mol. The number of benzene rings is 1. The molecule has 2 aromatic rings. The minimum Gasteiger partial charge on any atom is -0.323 e. The molecule has 104 valence electrons. The van der Waals surface area contributed by atoms with Crippen molar-refractivity contribution in [2.24, 2.45) is 5.84 Å². The number of nitrogen functional groups attached to an aromatic ring is 1. The first-order valence-electron chi connectivity index (χ1n) is 5.39. The molecule has 1 amide bonds. The Kier molecular flexibility index (Phi) is 4.67. The smallest absolute Gasteiger partial charge is 0.259 e. The number of carbonyl (C=O) groups is 1. The lowest BCUT2D eigenvalue weighted by Gasteiger charge is -2.11. The molecule has 0 spiro atoms. The molecule has 0 atom stereocenters. The molecule has 5 nitrogen and oxygen atoms in total. The lowest BCUT2D eigenvalue weighted by molar-refractivity contribution is 0.102. The highest BCUT2D eigenvalue weighted by atomic mass is 35.5. The largest absolute Gasteiger partial charge is 0.323 e. The predicted molar refractivity (Wildman–Crippen MR) is 81.5 cm³/mol. The van der Waals surface area contributed by atoms with E-state index in [4.69, 9.17) is 40.6 Å². The van der Waals surface area contributed by atoms with Gasteiger partial charge in [0, 0.05) is 12.4 Å². The van der Waals surface area contributed by atoms with Crippen molar-refractivity contribution in [3.8, 4) is 0 Å². The quantitative estimate of drug-likeness (QED) is 0.456. The van der Waals surface area contributed by atoms with E-state index in [1.807, 2.05) is 0 Å². The second-order valence-electron chi connectivity index (χ2n) is 3.77. The molecule has 0 aliphatic heterocycles. The van der Waals surface area contributed by atoms with E-state index in [0.717, 1.165) is 0 Å². The van der Waals surface area contributed by atoms with Gasteiger partial charge in [-0.05, 0) is 18.2 Å². The lowest BCUT2D eigenvalue weighted by Crippen LogP contribution is -2.17. The predicted octanol–water partition coefficient (Wildman–Crippen LogP) is 3.58. The van der Waals surface area contributed by atoms with E-state index in [1.165, 1.54) is 24.5 Å². The third-order valence-electron chi connectivity index (χ3n) is 2.48. The van der Waals surface area contributed by atoms with Crippen LogP contribution in [0.1, 0.15) is 10.4 Å². The van der Waals surface area contributed by atoms with Crippen LogP contribution in [0, 0.1) is 0 Å². The van der Waals surface area contributed by atoms with E-state index < -0.39 is 5.91 Å². The Labute approximate surface area is 130 Å². The average molecular weight is 332 g/mol. The van der Waals surface area contributed by atoms with Gasteiger partial charge in [0.25, 0.3) is 5.91 Å². The number of pyridine rings is 1. The van der Waals surface area contributed by atoms with Crippen molar-refractivity contribution in [2.75, 3.05) is 10.7 Å². The normalized spacial score (nSPS) is 10.2. The first kappa shape index (κ1) is 14.9. The van der Waals surface area contributed by atoms with E-state index in [0.29, 0.717) is 16.4 Å². The van der Waals surface area contributed by atoms with Gasteiger partial charge in [-0.1, -0.05) is 34.8 Å². The fourth-order valence-electron chi connectivity index (χ4n) is 1.51. The van der Waals surface area contributed by atoms with Crippen LogP contribution in [0.2, 0.25) is 15.1 Å². The Bertz CT molecular complexity index is 663. The maximum absolute atomic E-state index is 12.2. The first-order chi connectivity index (χ1) is 9.52. The number of rotatable bonds is 3. The number of aromatic nitrogens is 1. The van der Waals surface area contributed by atoms with Crippen LogP contribution in [0.15, 0.2) is 30.6 Å². The fourth-order valence-corrected chi connectivity index (χ4v) is 2.10. The maximum atomic E-state index is 12.2. The second kappa shape index (κ2) is 6.28. The van der Waals surface area contributed by atoms with Crippen molar-refractivity contribution in [1.29, 1.82) is 0 Å². The summed E-state index contributed by atoms with van der Waals surface area (Å²) in [6.07, 6.45) is 2.90. The van der Waals surface area contributed by atoms with Crippen LogP contribution < -0.4 is 16.6 Å². The van der Waals surface area contributed by atoms with Crippen molar-refractivity contribution in [3.63, 3.8) is 0 Å². The highest BCUT2D eigenvalue weighted by Crippen LogP contribution is 2.32. The SMILES string of the molecule is NNc1ccncc1C(=O)Nc1cc(Cl)c(Cl)cc1Cl. The summed E-state index contributed by atoms with van der Waals surface area (Å²) in [5, 5.41) is 3.49. The van der Waals surface area contributed by atoms with Crippen LogP contribution in [0.3, 0.4) is 0 Å². The molecular formula is C12H9Cl3N4O. The van der Waals surface area contributed by atoms with E-state index in [9.17, 15) is 4.79 Å². The number of nitrogens with two attached hydrogens (primary N) is 1. The van der Waals surface area contributed by atoms with Gasteiger partial charge in [-0.25, -0.2) is 0 Å². The average Bonchev–Trinajstić information content (AvgIpc) is 2.44. The Morgan fingerprint density at radius 3 is 2.50 bits per heavy atom. The summed E-state index contributed by atoms with van der Waals surface area (Å²) in [6.45, 7) is 0. The molecule has 2 rings (SSSR count). The summed E-state index contributed by atoms with van der Waals surface area (Å²) in [5.74, 6) is 4.91. The van der Waals surface area contributed by atoms with E-state index in [-0.39, 0.29) is 15.6 Å². The molecule has 1 heterocycles. The van der Waals surface area contributed by atoms with Crippen LogP contribution in [-0.2, 0) is 0 Å². The maximum Gasteiger partial charge on any atom is 0.259 e. The molecule has 0 fully saturated rings. The highest BCUT2D eigenvalue weighted by Gasteiger charge is 2.14. The number of hydrazine groups is 1. The standard InChI is InChI=1S/C12H9Cl3N4O/c13-7-3-9(15)11(4-8(7)14)18-12(20)6-5-17-2-1-10(6)19-16/h1-5H,16H2,(H,17,19)(H,18,20). The molecule has 20 heavy (non-hydrogen) atoms. The van der Waals surface area contributed by atoms with Crippen molar-refractivity contribution in [3.05, 3.63) is 51.2 Å².